The summed E-state index contributed by atoms with van der Waals surface area (Å²) in [5.41, 5.74) is 5.58. The number of methoxy groups -OCH3 is 1. The van der Waals surface area contributed by atoms with Crippen molar-refractivity contribution in [3.63, 3.8) is 0 Å². The molecule has 5 rings (SSSR count). The van der Waals surface area contributed by atoms with Gasteiger partial charge in [0, 0.05) is 19.6 Å². The predicted octanol–water partition coefficient (Wildman–Crippen LogP) is 2.68. The van der Waals surface area contributed by atoms with Crippen LogP contribution in [0.3, 0.4) is 0 Å². The molecule has 36 heavy (non-hydrogen) atoms. The lowest BCUT2D eigenvalue weighted by Gasteiger charge is -2.26. The Kier molecular flexibility index (Phi) is 8.21. The zero-order valence-corrected chi connectivity index (χ0v) is 20.7. The molecule has 3 N–H and O–H groups in total. The van der Waals surface area contributed by atoms with E-state index in [1.54, 1.807) is 25.4 Å². The summed E-state index contributed by atoms with van der Waals surface area (Å²) in [6, 6.07) is 11.7. The van der Waals surface area contributed by atoms with E-state index in [1.165, 1.54) is 5.56 Å². The fraction of sp³-hybridized carbons (Fsp3) is 0.292. The Bertz CT molecular complexity index is 1390. The van der Waals surface area contributed by atoms with Gasteiger partial charge in [-0.05, 0) is 36.8 Å². The first kappa shape index (κ1) is 25.2. The zero-order valence-electron chi connectivity index (χ0n) is 19.9. The van der Waals surface area contributed by atoms with Gasteiger partial charge >= 0.3 is 11.6 Å². The summed E-state index contributed by atoms with van der Waals surface area (Å²) in [7, 11) is 1.55. The maximum absolute atomic E-state index is 13.0. The third-order valence-electron chi connectivity index (χ3n) is 5.78. The van der Waals surface area contributed by atoms with E-state index < -0.39 is 11.6 Å². The van der Waals surface area contributed by atoms with Crippen molar-refractivity contribution >= 4 is 34.2 Å². The van der Waals surface area contributed by atoms with E-state index in [4.69, 9.17) is 22.9 Å². The third kappa shape index (κ3) is 5.85. The fourth-order valence-electron chi connectivity index (χ4n) is 4.04. The number of ether oxygens (including phenoxy) is 2. The van der Waals surface area contributed by atoms with Gasteiger partial charge < -0.3 is 19.8 Å². The number of nitrogens with zero attached hydrogens (tertiary/aromatic N) is 3. The summed E-state index contributed by atoms with van der Waals surface area (Å²) in [6.45, 7) is 6.24. The van der Waals surface area contributed by atoms with E-state index in [0.717, 1.165) is 49.4 Å². The van der Waals surface area contributed by atoms with Crippen LogP contribution in [0.4, 0.5) is 5.69 Å². The smallest absolute Gasteiger partial charge is 0.335 e. The highest BCUT2D eigenvalue weighted by Crippen LogP contribution is 2.28. The summed E-state index contributed by atoms with van der Waals surface area (Å²) in [6.07, 6.45) is 1.58. The van der Waals surface area contributed by atoms with Crippen molar-refractivity contribution in [2.24, 2.45) is 0 Å². The van der Waals surface area contributed by atoms with Crippen LogP contribution in [0.5, 0.6) is 5.75 Å². The molecule has 1 saturated heterocycles. The number of fused-ring (bicyclic) bond motifs is 1. The number of anilines is 1. The number of aromatic amines is 2. The number of rotatable bonds is 6. The summed E-state index contributed by atoms with van der Waals surface area (Å²) < 4.78 is 27.4. The highest BCUT2D eigenvalue weighted by Gasteiger charge is 2.18. The van der Waals surface area contributed by atoms with E-state index in [-0.39, 0.29) is 5.91 Å². The number of carbonyl (C=O) groups is 1. The van der Waals surface area contributed by atoms with Crippen molar-refractivity contribution in [1.82, 2.24) is 25.1 Å². The number of carbonyl (C=O) groups excluding carboxylic acids is 1. The van der Waals surface area contributed by atoms with Gasteiger partial charge in [-0.25, -0.2) is 4.98 Å². The first-order valence-electron chi connectivity index (χ1n) is 11.2. The minimum absolute atomic E-state index is 0.276. The van der Waals surface area contributed by atoms with Crippen LogP contribution in [0.25, 0.3) is 22.6 Å². The summed E-state index contributed by atoms with van der Waals surface area (Å²) in [5.74, 6) is 0.847. The van der Waals surface area contributed by atoms with Crippen LogP contribution in [0.1, 0.15) is 21.5 Å². The molecular weight excluding hydrogens is 484 g/mol. The van der Waals surface area contributed by atoms with Crippen LogP contribution in [0, 0.1) is 6.92 Å². The van der Waals surface area contributed by atoms with Crippen LogP contribution < -0.4 is 10.1 Å². The van der Waals surface area contributed by atoms with Gasteiger partial charge in [0.1, 0.15) is 11.4 Å². The molecule has 0 unspecified atom stereocenters. The molecule has 3 heterocycles. The van der Waals surface area contributed by atoms with Crippen molar-refractivity contribution in [2.75, 3.05) is 38.7 Å². The number of aryl methyl sites for hydroxylation is 1. The lowest BCUT2D eigenvalue weighted by atomic mass is 10.1. The molecule has 1 fully saturated rings. The summed E-state index contributed by atoms with van der Waals surface area (Å²) >= 11 is -0.750. The van der Waals surface area contributed by atoms with E-state index in [1.807, 2.05) is 19.1 Å². The number of nitrogens with one attached hydrogen (secondary N) is 3. The fourth-order valence-corrected chi connectivity index (χ4v) is 4.04. The standard InChI is InChI=1S/C24H26N6O3.O2S/c1-15-3-6-21(32-2)17(11-15)24(31)28-20-13-25-29-22(20)23-26-18-5-4-16(12-19(18)27-23)14-30-7-9-33-10-8-30;1-3-2/h3-6,11-13H,7-10,14H2,1-2H3,(H,25,29)(H,26,27)(H,28,31);. The molecule has 1 aliphatic heterocycles. The molecule has 1 amide bonds. The molecule has 188 valence electrons. The molecule has 0 radical (unpaired) electrons. The Morgan fingerprint density at radius 3 is 2.72 bits per heavy atom. The second kappa shape index (κ2) is 11.7. The van der Waals surface area contributed by atoms with Crippen LogP contribution in [0.15, 0.2) is 42.6 Å². The Morgan fingerprint density at radius 2 is 1.97 bits per heavy atom. The molecule has 0 atom stereocenters. The monoisotopic (exact) mass is 510 g/mol. The average molecular weight is 511 g/mol. The Morgan fingerprint density at radius 1 is 1.19 bits per heavy atom. The van der Waals surface area contributed by atoms with Gasteiger partial charge in [0.25, 0.3) is 5.91 Å². The largest absolute Gasteiger partial charge is 0.496 e. The Hall–Kier alpha value is -3.87. The van der Waals surface area contributed by atoms with Crippen molar-refractivity contribution in [3.8, 4) is 17.3 Å². The van der Waals surface area contributed by atoms with Crippen molar-refractivity contribution < 1.29 is 22.7 Å². The molecule has 2 aromatic carbocycles. The quantitative estimate of drug-likeness (QED) is 0.359. The number of imidazole rings is 1. The SMILES string of the molecule is COc1ccc(C)cc1C(=O)Nc1cn[nH]c1-c1nc2ccc(CN3CCOCC3)cc2[nH]1.O=S=O. The number of benzene rings is 2. The van der Waals surface area contributed by atoms with E-state index in [2.05, 4.69) is 37.5 Å². The normalized spacial score (nSPS) is 13.6. The van der Waals surface area contributed by atoms with E-state index >= 15 is 0 Å². The minimum Gasteiger partial charge on any atom is -0.496 e. The minimum atomic E-state index is -0.750. The van der Waals surface area contributed by atoms with Crippen molar-refractivity contribution in [3.05, 3.63) is 59.3 Å². The maximum Gasteiger partial charge on any atom is 0.335 e. The number of amides is 1. The zero-order chi connectivity index (χ0) is 25.5. The third-order valence-corrected chi connectivity index (χ3v) is 5.78. The molecule has 0 aliphatic carbocycles. The first-order chi connectivity index (χ1) is 17.5. The highest BCUT2D eigenvalue weighted by molar-refractivity contribution is 7.51. The molecule has 12 heteroatoms. The molecular formula is C24H26N6O5S. The molecule has 0 spiro atoms. The first-order valence-corrected chi connectivity index (χ1v) is 11.9. The molecule has 0 saturated carbocycles. The van der Waals surface area contributed by atoms with Crippen LogP contribution in [0.2, 0.25) is 0 Å². The van der Waals surface area contributed by atoms with Crippen LogP contribution in [-0.4, -0.2) is 72.8 Å². The van der Waals surface area contributed by atoms with Crippen LogP contribution >= 0.6 is 0 Å². The molecule has 4 aromatic rings. The van der Waals surface area contributed by atoms with Crippen molar-refractivity contribution in [1.29, 1.82) is 0 Å². The summed E-state index contributed by atoms with van der Waals surface area (Å²) in [5, 5.41) is 10.00. The van der Waals surface area contributed by atoms with Gasteiger partial charge in [-0.2, -0.15) is 13.5 Å². The molecule has 2 aromatic heterocycles. The average Bonchev–Trinajstić information content (AvgIpc) is 3.51. The van der Waals surface area contributed by atoms with Gasteiger partial charge in [0.2, 0.25) is 0 Å². The maximum atomic E-state index is 13.0. The van der Waals surface area contributed by atoms with E-state index in [0.29, 0.717) is 28.5 Å². The van der Waals surface area contributed by atoms with Gasteiger partial charge in [0.05, 0.1) is 48.8 Å². The molecule has 1 aliphatic rings. The molecule has 11 nitrogen and oxygen atoms in total. The number of aromatic nitrogens is 4. The lowest BCUT2D eigenvalue weighted by Crippen LogP contribution is -2.35. The van der Waals surface area contributed by atoms with Crippen LogP contribution in [-0.2, 0) is 22.9 Å². The van der Waals surface area contributed by atoms with E-state index in [9.17, 15) is 4.79 Å². The van der Waals surface area contributed by atoms with Gasteiger partial charge in [-0.1, -0.05) is 17.7 Å². The lowest BCUT2D eigenvalue weighted by molar-refractivity contribution is 0.0342. The Balaban J connectivity index is 0.000000967. The number of hydrogen-bond donors (Lipinski definition) is 3. The van der Waals surface area contributed by atoms with Crippen molar-refractivity contribution in [2.45, 2.75) is 13.5 Å². The predicted molar refractivity (Wildman–Crippen MR) is 134 cm³/mol. The number of hydrogen-bond acceptors (Lipinski definition) is 8. The van der Waals surface area contributed by atoms with Gasteiger partial charge in [-0.3, -0.25) is 14.8 Å². The van der Waals surface area contributed by atoms with Gasteiger partial charge in [-0.15, -0.1) is 0 Å². The topological polar surface area (TPSA) is 142 Å². The summed E-state index contributed by atoms with van der Waals surface area (Å²) in [4.78, 5) is 23.4. The highest BCUT2D eigenvalue weighted by atomic mass is 32.1. The second-order valence-electron chi connectivity index (χ2n) is 8.21. The second-order valence-corrected chi connectivity index (χ2v) is 8.35. The number of H-pyrrole nitrogens is 2. The Labute approximate surface area is 210 Å². The molecule has 0 bridgehead atoms. The van der Waals surface area contributed by atoms with Gasteiger partial charge in [0.15, 0.2) is 5.82 Å². The number of morpholine rings is 1.